The molecule has 0 radical (unpaired) electrons. The van der Waals surface area contributed by atoms with Crippen molar-refractivity contribution in [2.75, 3.05) is 6.61 Å². The van der Waals surface area contributed by atoms with Crippen LogP contribution in [0.3, 0.4) is 0 Å². The number of unbranched alkanes of at least 4 members (excludes halogenated alkanes) is 2. The zero-order chi connectivity index (χ0) is 33.5. The number of hydrogen-bond donors (Lipinski definition) is 1. The number of hydrogen-bond acceptors (Lipinski definition) is 7. The second-order valence-corrected chi connectivity index (χ2v) is 14.0. The van der Waals surface area contributed by atoms with E-state index < -0.39 is 0 Å². The van der Waals surface area contributed by atoms with Crippen LogP contribution in [0.25, 0.3) is 10.8 Å². The third-order valence-corrected chi connectivity index (χ3v) is 10.3. The van der Waals surface area contributed by atoms with E-state index in [1.165, 1.54) is 0 Å². The van der Waals surface area contributed by atoms with Gasteiger partial charge >= 0.3 is 5.97 Å². The van der Waals surface area contributed by atoms with Gasteiger partial charge in [0.2, 0.25) is 5.91 Å². The van der Waals surface area contributed by atoms with Crippen LogP contribution in [0.1, 0.15) is 85.8 Å². The molecule has 2 amide bonds. The Hall–Kier alpha value is -4.30. The summed E-state index contributed by atoms with van der Waals surface area (Å²) in [5.74, 6) is 1.69. The number of fused-ring (bicyclic) bond motifs is 2. The number of nitrogens with one attached hydrogen (secondary N) is 1. The first kappa shape index (κ1) is 33.6. The molecule has 2 unspecified atom stereocenters. The topological polar surface area (TPSA) is 90.9 Å². The summed E-state index contributed by atoms with van der Waals surface area (Å²) >= 11 is 1.04. The van der Waals surface area contributed by atoms with Crippen LogP contribution in [-0.4, -0.2) is 34.6 Å². The van der Waals surface area contributed by atoms with Crippen molar-refractivity contribution in [1.82, 2.24) is 5.32 Å². The normalized spacial score (nSPS) is 18.7. The van der Waals surface area contributed by atoms with Crippen molar-refractivity contribution in [2.45, 2.75) is 88.9 Å². The molecule has 2 aliphatic rings. The lowest BCUT2D eigenvalue weighted by Gasteiger charge is -2.39. The van der Waals surface area contributed by atoms with E-state index in [-0.39, 0.29) is 28.0 Å². The largest absolute Gasteiger partial charge is 0.493 e. The van der Waals surface area contributed by atoms with Gasteiger partial charge < -0.3 is 14.2 Å². The van der Waals surface area contributed by atoms with Crippen molar-refractivity contribution in [1.29, 1.82) is 0 Å². The van der Waals surface area contributed by atoms with E-state index in [1.54, 1.807) is 0 Å². The predicted octanol–water partition coefficient (Wildman–Crippen LogP) is 9.02. The van der Waals surface area contributed by atoms with Gasteiger partial charge in [0.05, 0.1) is 17.4 Å². The van der Waals surface area contributed by atoms with Crippen molar-refractivity contribution in [2.24, 2.45) is 0 Å². The van der Waals surface area contributed by atoms with Crippen LogP contribution < -0.4 is 19.5 Å². The molecule has 0 aliphatic carbocycles. The third kappa shape index (κ3) is 8.04. The van der Waals surface area contributed by atoms with Gasteiger partial charge in [0.1, 0.15) is 22.8 Å². The first-order valence-electron chi connectivity index (χ1n) is 17.1. The summed E-state index contributed by atoms with van der Waals surface area (Å²) in [4.78, 5) is 36.8. The molecular weight excluding hydrogens is 623 g/mol. The van der Waals surface area contributed by atoms with Crippen molar-refractivity contribution in [3.8, 4) is 17.2 Å². The maximum atomic E-state index is 13.4. The van der Waals surface area contributed by atoms with E-state index in [0.29, 0.717) is 24.3 Å². The van der Waals surface area contributed by atoms with Crippen molar-refractivity contribution < 1.29 is 28.6 Å². The summed E-state index contributed by atoms with van der Waals surface area (Å²) in [6.07, 6.45) is 8.85. The maximum absolute atomic E-state index is 13.4. The molecule has 1 N–H and O–H groups in total. The van der Waals surface area contributed by atoms with Gasteiger partial charge in [0.15, 0.2) is 0 Å². The van der Waals surface area contributed by atoms with Crippen LogP contribution >= 0.6 is 11.8 Å². The zero-order valence-electron chi connectivity index (χ0n) is 27.7. The van der Waals surface area contributed by atoms with Crippen LogP contribution in [0.15, 0.2) is 78.9 Å². The van der Waals surface area contributed by atoms with Gasteiger partial charge in [0.25, 0.3) is 5.24 Å². The molecule has 1 saturated heterocycles. The average Bonchev–Trinajstić information content (AvgIpc) is 3.41. The number of carbonyl (C=O) groups is 3. The van der Waals surface area contributed by atoms with Crippen molar-refractivity contribution in [3.63, 3.8) is 0 Å². The van der Waals surface area contributed by atoms with Gasteiger partial charge in [0, 0.05) is 6.42 Å². The summed E-state index contributed by atoms with van der Waals surface area (Å²) in [6.45, 7) is 4.88. The second kappa shape index (κ2) is 15.3. The Labute approximate surface area is 286 Å². The van der Waals surface area contributed by atoms with Crippen LogP contribution in [0.4, 0.5) is 4.79 Å². The molecule has 0 spiro atoms. The highest BCUT2D eigenvalue weighted by Gasteiger charge is 2.36. The highest BCUT2D eigenvalue weighted by atomic mass is 32.2. The van der Waals surface area contributed by atoms with Gasteiger partial charge in [-0.25, -0.2) is 4.79 Å². The van der Waals surface area contributed by atoms with Crippen molar-refractivity contribution in [3.05, 3.63) is 101 Å². The van der Waals surface area contributed by atoms with E-state index in [4.69, 9.17) is 14.2 Å². The number of ether oxygens (including phenoxy) is 3. The third-order valence-electron chi connectivity index (χ3n) is 9.30. The Bertz CT molecular complexity index is 1790. The van der Waals surface area contributed by atoms with Crippen LogP contribution in [-0.2, 0) is 24.1 Å². The molecule has 6 rings (SSSR count). The number of carbonyl (C=O) groups excluding carboxylic acids is 3. The summed E-state index contributed by atoms with van der Waals surface area (Å²) in [6, 6.07) is 25.6. The molecule has 2 atom stereocenters. The second-order valence-electron chi connectivity index (χ2n) is 12.8. The number of thioether (sulfide) groups is 1. The maximum Gasteiger partial charge on any atom is 0.343 e. The lowest BCUT2D eigenvalue weighted by Crippen LogP contribution is -2.41. The Morgan fingerprint density at radius 2 is 1.75 bits per heavy atom. The van der Waals surface area contributed by atoms with E-state index in [0.717, 1.165) is 109 Å². The molecule has 0 saturated carbocycles. The highest BCUT2D eigenvalue weighted by molar-refractivity contribution is 8.15. The quantitative estimate of drug-likeness (QED) is 0.0817. The Balaban J connectivity index is 1.13. The van der Waals surface area contributed by atoms with Crippen LogP contribution in [0, 0.1) is 0 Å². The summed E-state index contributed by atoms with van der Waals surface area (Å²) in [5.41, 5.74) is 3.24. The van der Waals surface area contributed by atoms with Gasteiger partial charge in [-0.2, -0.15) is 0 Å². The smallest absolute Gasteiger partial charge is 0.343 e. The summed E-state index contributed by atoms with van der Waals surface area (Å²) < 4.78 is 19.1. The number of esters is 1. The standard InChI is InChI=1S/C40H43NO6S/c1-3-5-6-11-30-26-35-31(25-34(30)46-38(43)32-15-14-28-9-7-8-10-29(28)24-32)18-20-40(47-35,19-4-2)21-22-45-33-16-12-27(13-17-33)23-36-37(42)41-39(44)48-36/h7-10,12-17,24-26,36H,3-6,11,18-23H2,1-2H3,(H,41,42,44). The highest BCUT2D eigenvalue weighted by Crippen LogP contribution is 2.42. The Kier molecular flexibility index (Phi) is 10.7. The van der Waals surface area contributed by atoms with Crippen LogP contribution in [0.2, 0.25) is 0 Å². The van der Waals surface area contributed by atoms with E-state index in [2.05, 4.69) is 25.2 Å². The average molecular weight is 666 g/mol. The zero-order valence-corrected chi connectivity index (χ0v) is 28.5. The molecule has 48 heavy (non-hydrogen) atoms. The molecule has 0 bridgehead atoms. The summed E-state index contributed by atoms with van der Waals surface area (Å²) in [7, 11) is 0. The Morgan fingerprint density at radius 3 is 2.50 bits per heavy atom. The first-order chi connectivity index (χ1) is 23.3. The van der Waals surface area contributed by atoms with E-state index in [9.17, 15) is 14.4 Å². The van der Waals surface area contributed by atoms with Gasteiger partial charge in [-0.1, -0.05) is 87.3 Å². The fraction of sp³-hybridized carbons (Fsp3) is 0.375. The molecule has 4 aromatic carbocycles. The number of aryl methyl sites for hydroxylation is 2. The molecule has 8 heteroatoms. The summed E-state index contributed by atoms with van der Waals surface area (Å²) in [5, 5.41) is 3.77. The molecule has 7 nitrogen and oxygen atoms in total. The number of benzene rings is 4. The monoisotopic (exact) mass is 665 g/mol. The fourth-order valence-corrected chi connectivity index (χ4v) is 7.52. The molecule has 2 aliphatic heterocycles. The van der Waals surface area contributed by atoms with Gasteiger partial charge in [-0.15, -0.1) is 0 Å². The number of amides is 2. The minimum atomic E-state index is -0.385. The first-order valence-corrected chi connectivity index (χ1v) is 18.0. The molecule has 4 aromatic rings. The van der Waals surface area contributed by atoms with Gasteiger partial charge in [-0.3, -0.25) is 14.9 Å². The SMILES string of the molecule is CCCCCc1cc2c(cc1OC(=O)c1ccc3ccccc3c1)CCC(CCC)(CCOc1ccc(CC3SC(=O)NC3=O)cc1)O2. The molecule has 250 valence electrons. The fourth-order valence-electron chi connectivity index (χ4n) is 6.66. The number of imide groups is 1. The molecule has 2 heterocycles. The molecule has 0 aromatic heterocycles. The lowest BCUT2D eigenvalue weighted by atomic mass is 9.84. The van der Waals surface area contributed by atoms with Crippen molar-refractivity contribution >= 4 is 39.7 Å². The minimum Gasteiger partial charge on any atom is -0.493 e. The van der Waals surface area contributed by atoms with E-state index >= 15 is 0 Å². The van der Waals surface area contributed by atoms with Gasteiger partial charge in [-0.05, 0) is 102 Å². The van der Waals surface area contributed by atoms with E-state index in [1.807, 2.05) is 72.8 Å². The van der Waals surface area contributed by atoms with Crippen LogP contribution in [0.5, 0.6) is 17.2 Å². The minimum absolute atomic E-state index is 0.230. The Morgan fingerprint density at radius 1 is 0.938 bits per heavy atom. The lowest BCUT2D eigenvalue weighted by molar-refractivity contribution is -0.118. The number of rotatable bonds is 14. The molecular formula is C40H43NO6S. The molecule has 1 fully saturated rings. The predicted molar refractivity (Wildman–Crippen MR) is 190 cm³/mol.